The zero-order chi connectivity index (χ0) is 13.7. The molecule has 4 N–H and O–H groups in total. The molecule has 0 bridgehead atoms. The molecule has 0 saturated carbocycles. The van der Waals surface area contributed by atoms with Gasteiger partial charge in [0.05, 0.1) is 23.7 Å². The van der Waals surface area contributed by atoms with Crippen molar-refractivity contribution >= 4 is 11.8 Å². The molecule has 1 aromatic rings. The number of carbonyl (C=O) groups is 2. The van der Waals surface area contributed by atoms with Crippen LogP contribution in [0.4, 0.5) is 0 Å². The summed E-state index contributed by atoms with van der Waals surface area (Å²) in [7, 11) is 0. The van der Waals surface area contributed by atoms with Crippen molar-refractivity contribution in [2.75, 3.05) is 13.1 Å². The Morgan fingerprint density at radius 3 is 3.16 bits per heavy atom. The van der Waals surface area contributed by atoms with Crippen LogP contribution in [0.5, 0.6) is 0 Å². The molecule has 0 aromatic carbocycles. The van der Waals surface area contributed by atoms with Gasteiger partial charge in [-0.3, -0.25) is 14.6 Å². The van der Waals surface area contributed by atoms with Crippen LogP contribution in [-0.4, -0.2) is 35.9 Å². The first-order valence-corrected chi connectivity index (χ1v) is 5.91. The Morgan fingerprint density at radius 2 is 2.47 bits per heavy atom. The van der Waals surface area contributed by atoms with E-state index in [2.05, 4.69) is 27.5 Å². The van der Waals surface area contributed by atoms with E-state index < -0.39 is 0 Å². The quantitative estimate of drug-likeness (QED) is 0.593. The van der Waals surface area contributed by atoms with E-state index in [9.17, 15) is 9.59 Å². The van der Waals surface area contributed by atoms with Gasteiger partial charge in [-0.1, -0.05) is 11.8 Å². The fraction of sp³-hybridized carbons (Fsp3) is 0.308. The fourth-order valence-electron chi connectivity index (χ4n) is 1.81. The third-order valence-corrected chi connectivity index (χ3v) is 2.70. The van der Waals surface area contributed by atoms with Crippen molar-refractivity contribution in [3.05, 3.63) is 29.6 Å². The topological polar surface area (TPSA) is 97.1 Å². The predicted molar refractivity (Wildman–Crippen MR) is 69.1 cm³/mol. The largest absolute Gasteiger partial charge is 0.354 e. The highest BCUT2D eigenvalue weighted by atomic mass is 16.2. The zero-order valence-electron chi connectivity index (χ0n) is 10.3. The maximum atomic E-state index is 12.1. The molecule has 1 aliphatic rings. The normalized spacial score (nSPS) is 17.3. The Balaban J connectivity index is 2.12. The van der Waals surface area contributed by atoms with Crippen LogP contribution in [-0.2, 0) is 4.79 Å². The van der Waals surface area contributed by atoms with E-state index in [1.54, 1.807) is 6.07 Å². The summed E-state index contributed by atoms with van der Waals surface area (Å²) in [4.78, 5) is 27.1. The first-order chi connectivity index (χ1) is 9.20. The predicted octanol–water partition coefficient (Wildman–Crippen LogP) is -0.990. The van der Waals surface area contributed by atoms with Crippen LogP contribution in [0, 0.1) is 11.8 Å². The van der Waals surface area contributed by atoms with Gasteiger partial charge < -0.3 is 16.4 Å². The number of amides is 2. The van der Waals surface area contributed by atoms with E-state index in [0.29, 0.717) is 24.1 Å². The summed E-state index contributed by atoms with van der Waals surface area (Å²) >= 11 is 0. The molecule has 1 aliphatic heterocycles. The molecule has 0 radical (unpaired) electrons. The fourth-order valence-corrected chi connectivity index (χ4v) is 1.81. The number of rotatable bonds is 2. The molecule has 6 nitrogen and oxygen atoms in total. The van der Waals surface area contributed by atoms with E-state index in [1.165, 1.54) is 12.4 Å². The maximum Gasteiger partial charge on any atom is 0.252 e. The number of hydrogen-bond donors (Lipinski definition) is 3. The van der Waals surface area contributed by atoms with Gasteiger partial charge in [-0.25, -0.2) is 0 Å². The number of hydrogen-bond acceptors (Lipinski definition) is 4. The molecule has 19 heavy (non-hydrogen) atoms. The second-order valence-corrected chi connectivity index (χ2v) is 4.11. The second-order valence-electron chi connectivity index (χ2n) is 4.11. The molecule has 1 atom stereocenters. The second kappa shape index (κ2) is 5.98. The monoisotopic (exact) mass is 258 g/mol. The van der Waals surface area contributed by atoms with Crippen LogP contribution >= 0.6 is 0 Å². The minimum Gasteiger partial charge on any atom is -0.354 e. The van der Waals surface area contributed by atoms with Crippen molar-refractivity contribution in [1.29, 1.82) is 0 Å². The van der Waals surface area contributed by atoms with Gasteiger partial charge in [-0.15, -0.1) is 0 Å². The van der Waals surface area contributed by atoms with Gasteiger partial charge in [0.1, 0.15) is 0 Å². The first-order valence-electron chi connectivity index (χ1n) is 5.91. The molecule has 1 unspecified atom stereocenters. The lowest BCUT2D eigenvalue weighted by molar-refractivity contribution is -0.119. The number of nitrogens with two attached hydrogens (primary N) is 1. The smallest absolute Gasteiger partial charge is 0.252 e. The van der Waals surface area contributed by atoms with E-state index in [0.717, 1.165) is 0 Å². The number of pyridine rings is 1. The van der Waals surface area contributed by atoms with Gasteiger partial charge >= 0.3 is 0 Å². The molecule has 6 heteroatoms. The summed E-state index contributed by atoms with van der Waals surface area (Å²) in [5, 5.41) is 5.46. The van der Waals surface area contributed by atoms with Crippen molar-refractivity contribution in [1.82, 2.24) is 15.6 Å². The lowest BCUT2D eigenvalue weighted by atomic mass is 10.1. The molecular formula is C13H14N4O2. The average Bonchev–Trinajstić information content (AvgIpc) is 2.82. The van der Waals surface area contributed by atoms with Crippen LogP contribution in [0.2, 0.25) is 0 Å². The molecule has 2 amide bonds. The first kappa shape index (κ1) is 13.1. The number of nitrogens with zero attached hydrogens (tertiary/aromatic N) is 1. The van der Waals surface area contributed by atoms with Gasteiger partial charge in [0.2, 0.25) is 5.91 Å². The van der Waals surface area contributed by atoms with E-state index in [4.69, 9.17) is 5.73 Å². The number of nitrogens with one attached hydrogen (secondary N) is 2. The minimum absolute atomic E-state index is 0.0526. The van der Waals surface area contributed by atoms with Gasteiger partial charge in [0, 0.05) is 25.4 Å². The van der Waals surface area contributed by atoms with Crippen molar-refractivity contribution < 1.29 is 9.59 Å². The maximum absolute atomic E-state index is 12.1. The number of carbonyl (C=O) groups excluding carboxylic acids is 2. The summed E-state index contributed by atoms with van der Waals surface area (Å²) in [6.07, 6.45) is 3.36. The van der Waals surface area contributed by atoms with Gasteiger partial charge in [-0.2, -0.15) is 0 Å². The van der Waals surface area contributed by atoms with Crippen LogP contribution in [0.1, 0.15) is 22.3 Å². The molecule has 0 aliphatic carbocycles. The van der Waals surface area contributed by atoms with Crippen LogP contribution in [0.25, 0.3) is 0 Å². The molecule has 0 spiro atoms. The molecule has 1 aromatic heterocycles. The Labute approximate surface area is 110 Å². The Hall–Kier alpha value is -2.39. The Morgan fingerprint density at radius 1 is 1.63 bits per heavy atom. The van der Waals surface area contributed by atoms with E-state index >= 15 is 0 Å². The van der Waals surface area contributed by atoms with Crippen molar-refractivity contribution in [3.63, 3.8) is 0 Å². The van der Waals surface area contributed by atoms with E-state index in [-0.39, 0.29) is 24.4 Å². The van der Waals surface area contributed by atoms with E-state index in [1.807, 2.05) is 0 Å². The molecule has 1 fully saturated rings. The third-order valence-electron chi connectivity index (χ3n) is 2.70. The summed E-state index contributed by atoms with van der Waals surface area (Å²) in [5.74, 6) is 5.19. The summed E-state index contributed by atoms with van der Waals surface area (Å²) in [5.41, 5.74) is 6.28. The van der Waals surface area contributed by atoms with Crippen molar-refractivity contribution in [2.45, 2.75) is 12.5 Å². The lowest BCUT2D eigenvalue weighted by Crippen LogP contribution is -2.36. The van der Waals surface area contributed by atoms with Gasteiger partial charge in [0.15, 0.2) is 0 Å². The highest BCUT2D eigenvalue weighted by Gasteiger charge is 2.23. The van der Waals surface area contributed by atoms with Crippen LogP contribution < -0.4 is 16.4 Å². The van der Waals surface area contributed by atoms with Gasteiger partial charge in [-0.05, 0) is 6.07 Å². The highest BCUT2D eigenvalue weighted by molar-refractivity contribution is 5.97. The van der Waals surface area contributed by atoms with Gasteiger partial charge in [0.25, 0.3) is 5.91 Å². The molecule has 2 rings (SSSR count). The van der Waals surface area contributed by atoms with Crippen LogP contribution in [0.3, 0.4) is 0 Å². The lowest BCUT2D eigenvalue weighted by Gasteiger charge is -2.11. The third kappa shape index (κ3) is 3.30. The molecule has 1 saturated heterocycles. The average molecular weight is 258 g/mol. The van der Waals surface area contributed by atoms with Crippen LogP contribution in [0.15, 0.2) is 18.5 Å². The Bertz CT molecular complexity index is 559. The SMILES string of the molecule is NCC#Cc1cnccc1C(=O)NC1CNC(=O)C1. The summed E-state index contributed by atoms with van der Waals surface area (Å²) in [6, 6.07) is 1.42. The highest BCUT2D eigenvalue weighted by Crippen LogP contribution is 2.07. The standard InChI is InChI=1S/C13H14N4O2/c14-4-1-2-9-7-15-5-3-11(9)13(19)17-10-6-12(18)16-8-10/h3,5,7,10H,4,6,8,14H2,(H,16,18)(H,17,19). The zero-order valence-corrected chi connectivity index (χ0v) is 10.3. The molecular weight excluding hydrogens is 244 g/mol. The van der Waals surface area contributed by atoms with Crippen molar-refractivity contribution in [2.24, 2.45) is 5.73 Å². The molecule has 98 valence electrons. The van der Waals surface area contributed by atoms with Crippen molar-refractivity contribution in [3.8, 4) is 11.8 Å². The summed E-state index contributed by atoms with van der Waals surface area (Å²) in [6.45, 7) is 0.677. The minimum atomic E-state index is -0.259. The summed E-state index contributed by atoms with van der Waals surface area (Å²) < 4.78 is 0. The molecule has 2 heterocycles. The number of aromatic nitrogens is 1. The Kier molecular flexibility index (Phi) is 4.11.